The molecule has 2 aromatic rings. The first kappa shape index (κ1) is 13.5. The smallest absolute Gasteiger partial charge is 0.361 e. The van der Waals surface area contributed by atoms with Gasteiger partial charge in [0.2, 0.25) is 0 Å². The summed E-state index contributed by atoms with van der Waals surface area (Å²) >= 11 is 0. The fraction of sp³-hybridized carbons (Fsp3) is 0.250. The van der Waals surface area contributed by atoms with Crippen LogP contribution in [0.1, 0.15) is 24.5 Å². The van der Waals surface area contributed by atoms with E-state index in [1.807, 2.05) is 6.92 Å². The molecule has 0 aliphatic carbocycles. The first-order valence-corrected chi connectivity index (χ1v) is 6.79. The van der Waals surface area contributed by atoms with Crippen molar-refractivity contribution in [2.24, 2.45) is 5.16 Å². The van der Waals surface area contributed by atoms with Gasteiger partial charge in [-0.2, -0.15) is 0 Å². The molecule has 0 atom stereocenters. The predicted octanol–water partition coefficient (Wildman–Crippen LogP) is 3.17. The number of carbonyl (C=O) groups excluding carboxylic acids is 1. The molecular formula is C16H14FNO3. The quantitative estimate of drug-likeness (QED) is 0.815. The van der Waals surface area contributed by atoms with Crippen molar-refractivity contribution in [1.29, 1.82) is 0 Å². The number of oxime groups is 1. The van der Waals surface area contributed by atoms with E-state index in [-0.39, 0.29) is 18.1 Å². The Morgan fingerprint density at radius 1 is 1.38 bits per heavy atom. The number of benzene rings is 2. The molecule has 2 aromatic carbocycles. The van der Waals surface area contributed by atoms with Crippen molar-refractivity contribution in [3.05, 3.63) is 47.3 Å². The van der Waals surface area contributed by atoms with E-state index in [2.05, 4.69) is 5.16 Å². The first-order chi connectivity index (χ1) is 10.2. The van der Waals surface area contributed by atoms with Gasteiger partial charge in [0, 0.05) is 11.1 Å². The van der Waals surface area contributed by atoms with Crippen molar-refractivity contribution in [3.8, 4) is 0 Å². The summed E-state index contributed by atoms with van der Waals surface area (Å²) < 4.78 is 18.4. The van der Waals surface area contributed by atoms with Gasteiger partial charge in [-0.3, -0.25) is 0 Å². The Bertz CT molecular complexity index is 740. The Labute approximate surface area is 121 Å². The highest BCUT2D eigenvalue weighted by atomic mass is 19.1. The standard InChI is InChI=1S/C16H14FNO3/c1-2-7-20-16(19)15-13-5-3-10-8-11(17)4-6-12(10)14(13)9-21-18-15/h3-6,8H,2,7,9H2,1H3. The van der Waals surface area contributed by atoms with Crippen molar-refractivity contribution in [2.45, 2.75) is 20.0 Å². The van der Waals surface area contributed by atoms with Crippen molar-refractivity contribution in [3.63, 3.8) is 0 Å². The van der Waals surface area contributed by atoms with E-state index in [1.54, 1.807) is 18.2 Å². The van der Waals surface area contributed by atoms with Crippen LogP contribution in [0, 0.1) is 5.82 Å². The fourth-order valence-corrected chi connectivity index (χ4v) is 2.36. The maximum atomic E-state index is 13.3. The van der Waals surface area contributed by atoms with Gasteiger partial charge in [-0.1, -0.05) is 30.3 Å². The lowest BCUT2D eigenvalue weighted by atomic mass is 9.96. The van der Waals surface area contributed by atoms with Crippen LogP contribution in [0.15, 0.2) is 35.5 Å². The summed E-state index contributed by atoms with van der Waals surface area (Å²) in [6.07, 6.45) is 0.740. The normalized spacial score (nSPS) is 13.3. The lowest BCUT2D eigenvalue weighted by Crippen LogP contribution is -2.23. The van der Waals surface area contributed by atoms with Crippen LogP contribution >= 0.6 is 0 Å². The van der Waals surface area contributed by atoms with Gasteiger partial charge in [-0.05, 0) is 29.3 Å². The van der Waals surface area contributed by atoms with Gasteiger partial charge in [0.25, 0.3) is 0 Å². The Morgan fingerprint density at radius 3 is 3.05 bits per heavy atom. The summed E-state index contributed by atoms with van der Waals surface area (Å²) in [7, 11) is 0. The van der Waals surface area contributed by atoms with Gasteiger partial charge < -0.3 is 9.57 Å². The summed E-state index contributed by atoms with van der Waals surface area (Å²) in [5, 5.41) is 5.43. The first-order valence-electron chi connectivity index (χ1n) is 6.79. The molecule has 0 saturated heterocycles. The second kappa shape index (κ2) is 5.52. The van der Waals surface area contributed by atoms with E-state index in [1.165, 1.54) is 12.1 Å². The lowest BCUT2D eigenvalue weighted by Gasteiger charge is -2.17. The van der Waals surface area contributed by atoms with Crippen LogP contribution < -0.4 is 0 Å². The van der Waals surface area contributed by atoms with E-state index in [0.717, 1.165) is 22.8 Å². The molecule has 0 unspecified atom stereocenters. The van der Waals surface area contributed by atoms with Crippen molar-refractivity contribution in [1.82, 2.24) is 0 Å². The molecule has 1 heterocycles. The molecule has 21 heavy (non-hydrogen) atoms. The minimum Gasteiger partial charge on any atom is -0.461 e. The monoisotopic (exact) mass is 287 g/mol. The highest BCUT2D eigenvalue weighted by molar-refractivity contribution is 6.44. The third kappa shape index (κ3) is 2.46. The van der Waals surface area contributed by atoms with Crippen molar-refractivity contribution >= 4 is 22.5 Å². The fourth-order valence-electron chi connectivity index (χ4n) is 2.36. The number of halogens is 1. The second-order valence-corrected chi connectivity index (χ2v) is 4.81. The number of carbonyl (C=O) groups is 1. The maximum Gasteiger partial charge on any atom is 0.361 e. The number of ether oxygens (including phenoxy) is 1. The number of esters is 1. The van der Waals surface area contributed by atoms with Gasteiger partial charge in [0.1, 0.15) is 12.4 Å². The van der Waals surface area contributed by atoms with Crippen LogP contribution in [0.25, 0.3) is 10.8 Å². The molecule has 1 aliphatic rings. The summed E-state index contributed by atoms with van der Waals surface area (Å²) in [6.45, 7) is 2.51. The van der Waals surface area contributed by atoms with Gasteiger partial charge >= 0.3 is 5.97 Å². The summed E-state index contributed by atoms with van der Waals surface area (Å²) in [5.41, 5.74) is 1.67. The third-order valence-corrected chi connectivity index (χ3v) is 3.34. The average Bonchev–Trinajstić information content (AvgIpc) is 2.51. The van der Waals surface area contributed by atoms with Crippen LogP contribution in [-0.4, -0.2) is 18.3 Å². The Hall–Kier alpha value is -2.43. The van der Waals surface area contributed by atoms with E-state index in [0.29, 0.717) is 12.2 Å². The Balaban J connectivity index is 2.06. The van der Waals surface area contributed by atoms with Gasteiger partial charge in [-0.15, -0.1) is 0 Å². The summed E-state index contributed by atoms with van der Waals surface area (Å²) in [4.78, 5) is 17.2. The number of rotatable bonds is 3. The van der Waals surface area contributed by atoms with Crippen LogP contribution in [-0.2, 0) is 21.0 Å². The molecule has 0 radical (unpaired) electrons. The number of nitrogens with zero attached hydrogens (tertiary/aromatic N) is 1. The highest BCUT2D eigenvalue weighted by Crippen LogP contribution is 2.27. The zero-order chi connectivity index (χ0) is 14.8. The SMILES string of the molecule is CCCOC(=O)C1=NOCc2c1ccc1cc(F)ccc21. The molecule has 3 rings (SSSR count). The highest BCUT2D eigenvalue weighted by Gasteiger charge is 2.24. The lowest BCUT2D eigenvalue weighted by molar-refractivity contribution is -0.135. The average molecular weight is 287 g/mol. The molecule has 108 valence electrons. The van der Waals surface area contributed by atoms with E-state index < -0.39 is 5.97 Å². The number of hydrogen-bond acceptors (Lipinski definition) is 4. The molecule has 0 aromatic heterocycles. The largest absolute Gasteiger partial charge is 0.461 e. The summed E-state index contributed by atoms with van der Waals surface area (Å²) in [6, 6.07) is 8.06. The molecule has 0 spiro atoms. The van der Waals surface area contributed by atoms with Crippen molar-refractivity contribution < 1.29 is 18.8 Å². The molecule has 0 fully saturated rings. The van der Waals surface area contributed by atoms with Crippen molar-refractivity contribution in [2.75, 3.05) is 6.61 Å². The van der Waals surface area contributed by atoms with E-state index in [4.69, 9.17) is 9.57 Å². The Morgan fingerprint density at radius 2 is 2.24 bits per heavy atom. The molecule has 5 heteroatoms. The van der Waals surface area contributed by atoms with Crippen LogP contribution in [0.5, 0.6) is 0 Å². The zero-order valence-corrected chi connectivity index (χ0v) is 11.6. The van der Waals surface area contributed by atoms with Crippen LogP contribution in [0.4, 0.5) is 4.39 Å². The summed E-state index contributed by atoms with van der Waals surface area (Å²) in [5.74, 6) is -0.797. The van der Waals surface area contributed by atoms with E-state index >= 15 is 0 Å². The Kier molecular flexibility index (Phi) is 3.56. The molecule has 1 aliphatic heterocycles. The molecule has 0 N–H and O–H groups in total. The number of hydrogen-bond donors (Lipinski definition) is 0. The van der Waals surface area contributed by atoms with Crippen LogP contribution in [0.3, 0.4) is 0 Å². The van der Waals surface area contributed by atoms with Gasteiger partial charge in [0.15, 0.2) is 5.71 Å². The predicted molar refractivity (Wildman–Crippen MR) is 76.5 cm³/mol. The zero-order valence-electron chi connectivity index (χ0n) is 11.6. The van der Waals surface area contributed by atoms with Crippen LogP contribution in [0.2, 0.25) is 0 Å². The topological polar surface area (TPSA) is 47.9 Å². The minimum absolute atomic E-state index is 0.163. The molecule has 0 amide bonds. The second-order valence-electron chi connectivity index (χ2n) is 4.81. The van der Waals surface area contributed by atoms with Gasteiger partial charge in [0.05, 0.1) is 6.61 Å². The maximum absolute atomic E-state index is 13.3. The molecule has 0 saturated carbocycles. The number of fused-ring (bicyclic) bond motifs is 3. The van der Waals surface area contributed by atoms with Gasteiger partial charge in [-0.25, -0.2) is 9.18 Å². The molecular weight excluding hydrogens is 273 g/mol. The molecule has 4 nitrogen and oxygen atoms in total. The minimum atomic E-state index is -0.501. The molecule has 0 bridgehead atoms. The third-order valence-electron chi connectivity index (χ3n) is 3.34. The van der Waals surface area contributed by atoms with E-state index in [9.17, 15) is 9.18 Å².